The fourth-order valence-electron chi connectivity index (χ4n) is 5.08. The fourth-order valence-corrected chi connectivity index (χ4v) is 6.28. The van der Waals surface area contributed by atoms with Gasteiger partial charge in [0, 0.05) is 36.2 Å². The van der Waals surface area contributed by atoms with Gasteiger partial charge in [0.1, 0.15) is 10.6 Å². The first-order chi connectivity index (χ1) is 15.4. The van der Waals surface area contributed by atoms with Crippen LogP contribution >= 0.6 is 0 Å². The number of rotatable bonds is 5. The van der Waals surface area contributed by atoms with E-state index in [1.807, 2.05) is 0 Å². The monoisotopic (exact) mass is 453 g/mol. The molecule has 1 N–H and O–H groups in total. The summed E-state index contributed by atoms with van der Waals surface area (Å²) in [6.07, 6.45) is 4.09. The Kier molecular flexibility index (Phi) is 4.15. The van der Waals surface area contributed by atoms with Crippen LogP contribution in [0.1, 0.15) is 38.7 Å². The Morgan fingerprint density at radius 1 is 1.25 bits per heavy atom. The van der Waals surface area contributed by atoms with Crippen molar-refractivity contribution in [3.05, 3.63) is 53.6 Å². The zero-order valence-corrected chi connectivity index (χ0v) is 18.9. The van der Waals surface area contributed by atoms with Gasteiger partial charge in [0.05, 0.1) is 7.11 Å². The number of ether oxygens (including phenoxy) is 1. The van der Waals surface area contributed by atoms with E-state index in [1.165, 1.54) is 30.8 Å². The Morgan fingerprint density at radius 3 is 2.75 bits per heavy atom. The number of aromatic nitrogens is 1. The van der Waals surface area contributed by atoms with Crippen LogP contribution in [0.4, 0.5) is 11.5 Å². The van der Waals surface area contributed by atoms with Crippen molar-refractivity contribution < 1.29 is 19.1 Å². The Labute approximate surface area is 188 Å². The molecule has 168 valence electrons. The number of sulfonamides is 1. The van der Waals surface area contributed by atoms with Crippen LogP contribution in [0.15, 0.2) is 51.9 Å². The Morgan fingerprint density at radius 2 is 2.06 bits per heavy atom. The first-order valence-corrected chi connectivity index (χ1v) is 12.5. The Hall–Kier alpha value is -3.00. The molecule has 0 amide bonds. The van der Waals surface area contributed by atoms with Gasteiger partial charge in [-0.15, -0.1) is 0 Å². The number of nitrogens with one attached hydrogen (secondary N) is 1. The zero-order valence-electron chi connectivity index (χ0n) is 18.1. The molecular weight excluding hydrogens is 426 g/mol. The molecule has 8 heteroatoms. The summed E-state index contributed by atoms with van der Waals surface area (Å²) in [4.78, 5) is 2.46. The lowest BCUT2D eigenvalue weighted by atomic mass is 9.79. The van der Waals surface area contributed by atoms with Crippen molar-refractivity contribution in [2.75, 3.05) is 23.3 Å². The molecule has 2 aliphatic carbocycles. The van der Waals surface area contributed by atoms with Gasteiger partial charge in [-0.05, 0) is 62.4 Å². The van der Waals surface area contributed by atoms with E-state index in [4.69, 9.17) is 9.26 Å². The predicted molar refractivity (Wildman–Crippen MR) is 124 cm³/mol. The van der Waals surface area contributed by atoms with Gasteiger partial charge in [-0.25, -0.2) is 8.42 Å². The van der Waals surface area contributed by atoms with Crippen LogP contribution in [0.5, 0.6) is 5.75 Å². The minimum atomic E-state index is -3.88. The highest BCUT2D eigenvalue weighted by Gasteiger charge is 2.50. The van der Waals surface area contributed by atoms with Gasteiger partial charge in [0.15, 0.2) is 11.6 Å². The fraction of sp³-hybridized carbons (Fsp3) is 0.375. The third kappa shape index (κ3) is 2.85. The van der Waals surface area contributed by atoms with E-state index in [9.17, 15) is 8.42 Å². The number of nitrogens with zero attached hydrogens (tertiary/aromatic N) is 2. The maximum atomic E-state index is 13.1. The number of hydrogen-bond donors (Lipinski definition) is 1. The molecule has 1 aromatic heterocycles. The average Bonchev–Trinajstić information content (AvgIpc) is 3.45. The molecule has 32 heavy (non-hydrogen) atoms. The van der Waals surface area contributed by atoms with E-state index in [0.29, 0.717) is 11.8 Å². The number of benzene rings is 2. The highest BCUT2D eigenvalue weighted by molar-refractivity contribution is 7.92. The lowest BCUT2D eigenvalue weighted by Gasteiger charge is -2.41. The highest BCUT2D eigenvalue weighted by atomic mass is 32.2. The molecule has 2 aromatic carbocycles. The summed E-state index contributed by atoms with van der Waals surface area (Å²) >= 11 is 0. The maximum Gasteiger partial charge on any atom is 0.266 e. The molecular formula is C24H27N3O4S. The first-order valence-electron chi connectivity index (χ1n) is 11.0. The predicted octanol–water partition coefficient (Wildman–Crippen LogP) is 4.58. The van der Waals surface area contributed by atoms with Crippen molar-refractivity contribution in [3.63, 3.8) is 0 Å². The molecule has 2 heterocycles. The van der Waals surface area contributed by atoms with E-state index in [-0.39, 0.29) is 23.3 Å². The van der Waals surface area contributed by atoms with Crippen molar-refractivity contribution >= 4 is 21.5 Å². The van der Waals surface area contributed by atoms with Crippen LogP contribution < -0.4 is 14.4 Å². The largest absolute Gasteiger partial charge is 0.495 e. The van der Waals surface area contributed by atoms with Crippen LogP contribution in [-0.4, -0.2) is 33.3 Å². The molecule has 1 atom stereocenters. The second kappa shape index (κ2) is 6.75. The Balaban J connectivity index is 0.00000228. The van der Waals surface area contributed by atoms with Crippen molar-refractivity contribution in [1.29, 1.82) is 0 Å². The van der Waals surface area contributed by atoms with Crippen molar-refractivity contribution in [3.8, 4) is 17.1 Å². The lowest BCUT2D eigenvalue weighted by Crippen LogP contribution is -2.45. The second-order valence-corrected chi connectivity index (χ2v) is 10.8. The summed E-state index contributed by atoms with van der Waals surface area (Å²) in [7, 11) is -2.43. The SMILES string of the molecule is COc1ccccc1S(=O)(=O)Nc1noc2c1CC1(CC1)c1ccc(N3CC[C@H]3C)cc1-2.[HH]. The van der Waals surface area contributed by atoms with Crippen LogP contribution in [-0.2, 0) is 21.9 Å². The minimum Gasteiger partial charge on any atom is -0.495 e. The summed E-state index contributed by atoms with van der Waals surface area (Å²) < 4.78 is 39.9. The average molecular weight is 454 g/mol. The van der Waals surface area contributed by atoms with Gasteiger partial charge in [-0.2, -0.15) is 0 Å². The van der Waals surface area contributed by atoms with Gasteiger partial charge in [-0.1, -0.05) is 23.4 Å². The van der Waals surface area contributed by atoms with Crippen LogP contribution in [0.2, 0.25) is 0 Å². The van der Waals surface area contributed by atoms with E-state index in [0.717, 1.165) is 36.9 Å². The molecule has 1 saturated heterocycles. The summed E-state index contributed by atoms with van der Waals surface area (Å²) in [6, 6.07) is 13.7. The molecule has 3 aliphatic rings. The van der Waals surface area contributed by atoms with E-state index in [2.05, 4.69) is 39.9 Å². The highest BCUT2D eigenvalue weighted by Crippen LogP contribution is 2.59. The molecule has 1 saturated carbocycles. The number of hydrogen-bond acceptors (Lipinski definition) is 6. The standard InChI is InChI=1S/C24H25N3O4S.H2/c1-15-9-12-27(15)16-7-8-19-17(13-16)22-18(14-24(19)10-11-24)23(25-31-22)26-32(28,29)21-6-4-3-5-20(21)30-2;/h3-8,13,15H,9-12,14H2,1-2H3,(H,25,26);1H/t15-;/m1./s1. The topological polar surface area (TPSA) is 84.7 Å². The molecule has 1 aliphatic heterocycles. The van der Waals surface area contributed by atoms with Crippen LogP contribution in [0.3, 0.4) is 0 Å². The second-order valence-electron chi connectivity index (χ2n) is 9.11. The molecule has 1 spiro atoms. The normalized spacial score (nSPS) is 20.3. The van der Waals surface area contributed by atoms with E-state index < -0.39 is 10.0 Å². The summed E-state index contributed by atoms with van der Waals surface area (Å²) in [5.74, 6) is 1.23. The number of para-hydroxylation sites is 1. The zero-order chi connectivity index (χ0) is 22.1. The summed E-state index contributed by atoms with van der Waals surface area (Å²) in [5.41, 5.74) is 4.39. The van der Waals surface area contributed by atoms with E-state index >= 15 is 0 Å². The van der Waals surface area contributed by atoms with Crippen LogP contribution in [0.25, 0.3) is 11.3 Å². The van der Waals surface area contributed by atoms with E-state index in [1.54, 1.807) is 18.2 Å². The maximum absolute atomic E-state index is 13.1. The quantitative estimate of drug-likeness (QED) is 0.609. The van der Waals surface area contributed by atoms with Gasteiger partial charge < -0.3 is 14.2 Å². The van der Waals surface area contributed by atoms with Gasteiger partial charge in [-0.3, -0.25) is 4.72 Å². The van der Waals surface area contributed by atoms with Crippen molar-refractivity contribution in [1.82, 2.24) is 5.16 Å². The third-order valence-corrected chi connectivity index (χ3v) is 8.60. The molecule has 2 fully saturated rings. The first kappa shape index (κ1) is 19.7. The Bertz CT molecular complexity index is 1330. The number of fused-ring (bicyclic) bond motifs is 4. The van der Waals surface area contributed by atoms with Crippen molar-refractivity contribution in [2.24, 2.45) is 0 Å². The summed E-state index contributed by atoms with van der Waals surface area (Å²) in [5, 5.41) is 4.16. The summed E-state index contributed by atoms with van der Waals surface area (Å²) in [6.45, 7) is 3.29. The lowest BCUT2D eigenvalue weighted by molar-refractivity contribution is 0.403. The number of anilines is 2. The van der Waals surface area contributed by atoms with Gasteiger partial charge >= 0.3 is 0 Å². The third-order valence-electron chi connectivity index (χ3n) is 7.22. The molecule has 7 nitrogen and oxygen atoms in total. The molecule has 0 bridgehead atoms. The van der Waals surface area contributed by atoms with Crippen molar-refractivity contribution in [2.45, 2.75) is 49.0 Å². The molecule has 6 rings (SSSR count). The smallest absolute Gasteiger partial charge is 0.266 e. The molecule has 0 radical (unpaired) electrons. The van der Waals surface area contributed by atoms with Crippen LogP contribution in [0, 0.1) is 0 Å². The minimum absolute atomic E-state index is 0. The van der Waals surface area contributed by atoms with Gasteiger partial charge in [0.25, 0.3) is 10.0 Å². The number of methoxy groups -OCH3 is 1. The molecule has 0 unspecified atom stereocenters. The molecule has 3 aromatic rings. The van der Waals surface area contributed by atoms with Gasteiger partial charge in [0.2, 0.25) is 0 Å².